The predicted octanol–water partition coefficient (Wildman–Crippen LogP) is 1.61. The maximum absolute atomic E-state index is 11.7. The molecule has 0 amide bonds. The summed E-state index contributed by atoms with van der Waals surface area (Å²) in [6.45, 7) is 5.67. The maximum Gasteiger partial charge on any atom is 0.432 e. The lowest BCUT2D eigenvalue weighted by Crippen LogP contribution is -2.23. The van der Waals surface area contributed by atoms with Gasteiger partial charge in [-0.25, -0.2) is 0 Å². The van der Waals surface area contributed by atoms with Crippen molar-refractivity contribution in [2.24, 2.45) is 5.10 Å². The molecule has 0 radical (unpaired) electrons. The summed E-state index contributed by atoms with van der Waals surface area (Å²) in [7, 11) is 1.13. The van der Waals surface area contributed by atoms with E-state index in [0.717, 1.165) is 7.05 Å². The minimum atomic E-state index is -4.42. The molecular weight excluding hydrogens is 145 g/mol. The average molecular weight is 152 g/mol. The Kier molecular flexibility index (Phi) is 2.45. The zero-order chi connectivity index (χ0) is 8.36. The Hall–Kier alpha value is -1.00. The molecule has 10 heavy (non-hydrogen) atoms. The van der Waals surface area contributed by atoms with Gasteiger partial charge in [0, 0.05) is 13.8 Å². The second-order valence-corrected chi connectivity index (χ2v) is 1.61. The first-order valence-corrected chi connectivity index (χ1v) is 2.36. The highest BCUT2D eigenvalue weighted by molar-refractivity contribution is 5.23. The van der Waals surface area contributed by atoms with Crippen LogP contribution in [0.2, 0.25) is 0 Å². The molecule has 58 valence electrons. The van der Waals surface area contributed by atoms with Crippen LogP contribution < -0.4 is 0 Å². The van der Waals surface area contributed by atoms with Gasteiger partial charge in [-0.3, -0.25) is 5.01 Å². The van der Waals surface area contributed by atoms with Crippen LogP contribution in [-0.4, -0.2) is 25.0 Å². The first-order chi connectivity index (χ1) is 4.39. The summed E-state index contributed by atoms with van der Waals surface area (Å²) >= 11 is 0. The molecule has 0 aliphatic carbocycles. The van der Waals surface area contributed by atoms with Crippen molar-refractivity contribution in [3.05, 3.63) is 12.3 Å². The molecule has 0 aliphatic heterocycles. The molecule has 0 aromatic carbocycles. The van der Waals surface area contributed by atoms with Gasteiger partial charge in [-0.1, -0.05) is 6.58 Å². The van der Waals surface area contributed by atoms with Gasteiger partial charge in [-0.05, 0) is 0 Å². The van der Waals surface area contributed by atoms with E-state index in [0.29, 0.717) is 5.01 Å². The third-order valence-electron chi connectivity index (χ3n) is 0.930. The van der Waals surface area contributed by atoms with E-state index in [4.69, 9.17) is 0 Å². The van der Waals surface area contributed by atoms with Crippen LogP contribution in [0.5, 0.6) is 0 Å². The number of nitrogens with zero attached hydrogens (tertiary/aromatic N) is 2. The average Bonchev–Trinajstić information content (AvgIpc) is 1.83. The number of allylic oxidation sites excluding steroid dienone is 1. The van der Waals surface area contributed by atoms with Crippen LogP contribution in [0.1, 0.15) is 0 Å². The molecule has 0 rings (SSSR count). The zero-order valence-corrected chi connectivity index (χ0v) is 5.44. The molecule has 0 saturated carbocycles. The van der Waals surface area contributed by atoms with Crippen molar-refractivity contribution in [3.63, 3.8) is 0 Å². The van der Waals surface area contributed by atoms with Crippen LogP contribution in [-0.2, 0) is 0 Å². The molecule has 0 atom stereocenters. The van der Waals surface area contributed by atoms with Gasteiger partial charge in [0.15, 0.2) is 0 Å². The Bertz CT molecular complexity index is 149. The first kappa shape index (κ1) is 9.00. The minimum Gasteiger partial charge on any atom is -0.265 e. The normalized spacial score (nSPS) is 10.8. The summed E-state index contributed by atoms with van der Waals surface area (Å²) in [5, 5.41) is 3.59. The van der Waals surface area contributed by atoms with Crippen LogP contribution in [0, 0.1) is 0 Å². The van der Waals surface area contributed by atoms with Crippen molar-refractivity contribution >= 4 is 6.72 Å². The van der Waals surface area contributed by atoms with Crippen molar-refractivity contribution < 1.29 is 13.2 Å². The van der Waals surface area contributed by atoms with Gasteiger partial charge < -0.3 is 0 Å². The zero-order valence-electron chi connectivity index (χ0n) is 5.44. The molecular formula is C5H7F3N2. The number of hydrogen-bond donors (Lipinski definition) is 0. The molecule has 0 fully saturated rings. The fourth-order valence-corrected chi connectivity index (χ4v) is 0.269. The van der Waals surface area contributed by atoms with Gasteiger partial charge in [0.25, 0.3) is 0 Å². The molecule has 0 spiro atoms. The van der Waals surface area contributed by atoms with Gasteiger partial charge in [-0.15, -0.1) is 0 Å². The first-order valence-electron chi connectivity index (χ1n) is 2.36. The van der Waals surface area contributed by atoms with E-state index in [1.165, 1.54) is 0 Å². The van der Waals surface area contributed by atoms with E-state index >= 15 is 0 Å². The molecule has 0 unspecified atom stereocenters. The molecule has 0 heterocycles. The topological polar surface area (TPSA) is 15.6 Å². The van der Waals surface area contributed by atoms with Crippen LogP contribution in [0.3, 0.4) is 0 Å². The lowest BCUT2D eigenvalue weighted by atomic mass is 10.5. The van der Waals surface area contributed by atoms with Crippen molar-refractivity contribution in [1.29, 1.82) is 0 Å². The summed E-state index contributed by atoms with van der Waals surface area (Å²) in [5.74, 6) is 0. The van der Waals surface area contributed by atoms with Gasteiger partial charge in [-0.2, -0.15) is 18.3 Å². The van der Waals surface area contributed by atoms with Crippen molar-refractivity contribution in [1.82, 2.24) is 5.01 Å². The SMILES string of the molecule is C=NN(C)C(=C)C(F)(F)F. The highest BCUT2D eigenvalue weighted by Gasteiger charge is 2.34. The lowest BCUT2D eigenvalue weighted by Gasteiger charge is -2.16. The van der Waals surface area contributed by atoms with Crippen LogP contribution in [0.15, 0.2) is 17.4 Å². The smallest absolute Gasteiger partial charge is 0.265 e. The van der Waals surface area contributed by atoms with Gasteiger partial charge in [0.1, 0.15) is 5.70 Å². The van der Waals surface area contributed by atoms with E-state index in [1.54, 1.807) is 0 Å². The lowest BCUT2D eigenvalue weighted by molar-refractivity contribution is -0.108. The Labute approximate surface area is 56.6 Å². The second kappa shape index (κ2) is 2.72. The Balaban J connectivity index is 4.22. The molecule has 2 nitrogen and oxygen atoms in total. The predicted molar refractivity (Wildman–Crippen MR) is 32.5 cm³/mol. The monoisotopic (exact) mass is 152 g/mol. The van der Waals surface area contributed by atoms with Crippen molar-refractivity contribution in [3.8, 4) is 0 Å². The van der Waals surface area contributed by atoms with E-state index in [1.807, 2.05) is 0 Å². The number of rotatable bonds is 2. The summed E-state index contributed by atoms with van der Waals surface area (Å²) in [5.41, 5.74) is -1.03. The molecule has 0 bridgehead atoms. The van der Waals surface area contributed by atoms with Gasteiger partial charge in [0.2, 0.25) is 0 Å². The van der Waals surface area contributed by atoms with Crippen LogP contribution >= 0.6 is 0 Å². The van der Waals surface area contributed by atoms with Gasteiger partial charge in [0.05, 0.1) is 0 Å². The standard InChI is InChI=1S/C5H7F3N2/c1-4(5(6,7)8)10(3)9-2/h1-2H2,3H3. The number of hydrazone groups is 1. The molecule has 0 aromatic rings. The quantitative estimate of drug-likeness (QED) is 0.433. The van der Waals surface area contributed by atoms with Crippen molar-refractivity contribution in [2.45, 2.75) is 6.18 Å². The Morgan fingerprint density at radius 1 is 1.50 bits per heavy atom. The van der Waals surface area contributed by atoms with E-state index in [2.05, 4.69) is 18.4 Å². The fraction of sp³-hybridized carbons (Fsp3) is 0.400. The third-order valence-corrected chi connectivity index (χ3v) is 0.930. The largest absolute Gasteiger partial charge is 0.432 e. The fourth-order valence-electron chi connectivity index (χ4n) is 0.269. The highest BCUT2D eigenvalue weighted by atomic mass is 19.4. The molecule has 0 saturated heterocycles. The summed E-state index contributed by atoms with van der Waals surface area (Å²) in [6, 6.07) is 0. The molecule has 0 aliphatic rings. The summed E-state index contributed by atoms with van der Waals surface area (Å²) in [4.78, 5) is 0. The number of hydrogen-bond acceptors (Lipinski definition) is 2. The molecule has 0 N–H and O–H groups in total. The number of halogens is 3. The van der Waals surface area contributed by atoms with E-state index < -0.39 is 11.9 Å². The molecule has 0 aromatic heterocycles. The van der Waals surface area contributed by atoms with Crippen LogP contribution in [0.4, 0.5) is 13.2 Å². The summed E-state index contributed by atoms with van der Waals surface area (Å²) < 4.78 is 35.0. The minimum absolute atomic E-state index is 0.569. The third kappa shape index (κ3) is 2.08. The van der Waals surface area contributed by atoms with E-state index in [9.17, 15) is 13.2 Å². The highest BCUT2D eigenvalue weighted by Crippen LogP contribution is 2.25. The second-order valence-electron chi connectivity index (χ2n) is 1.61. The number of alkyl halides is 3. The van der Waals surface area contributed by atoms with E-state index in [-0.39, 0.29) is 0 Å². The van der Waals surface area contributed by atoms with Crippen LogP contribution in [0.25, 0.3) is 0 Å². The van der Waals surface area contributed by atoms with Gasteiger partial charge >= 0.3 is 6.18 Å². The van der Waals surface area contributed by atoms with Crippen molar-refractivity contribution in [2.75, 3.05) is 7.05 Å². The Morgan fingerprint density at radius 3 is 2.00 bits per heavy atom. The maximum atomic E-state index is 11.7. The molecule has 5 heteroatoms. The summed E-state index contributed by atoms with van der Waals surface area (Å²) in [6.07, 6.45) is -4.42. The Morgan fingerprint density at radius 2 is 1.90 bits per heavy atom.